The number of carbonyl (C=O) groups is 1. The Labute approximate surface area is 185 Å². The second-order valence-corrected chi connectivity index (χ2v) is 7.65. The number of benzene rings is 3. The van der Waals surface area contributed by atoms with E-state index in [1.165, 1.54) is 12.1 Å². The van der Waals surface area contributed by atoms with Crippen LogP contribution in [0.5, 0.6) is 0 Å². The molecular formula is C26H22FN3O2. The number of amides is 1. The van der Waals surface area contributed by atoms with Crippen LogP contribution in [0.2, 0.25) is 0 Å². The summed E-state index contributed by atoms with van der Waals surface area (Å²) in [7, 11) is 0. The Hall–Kier alpha value is -3.77. The largest absolute Gasteiger partial charge is 0.378 e. The first-order chi connectivity index (χ1) is 15.7. The number of pyridine rings is 1. The molecule has 0 radical (unpaired) electrons. The molecule has 1 amide bonds. The van der Waals surface area contributed by atoms with Crippen molar-refractivity contribution in [1.82, 2.24) is 4.98 Å². The van der Waals surface area contributed by atoms with Gasteiger partial charge in [0.1, 0.15) is 5.82 Å². The van der Waals surface area contributed by atoms with Crippen LogP contribution in [0.3, 0.4) is 0 Å². The van der Waals surface area contributed by atoms with Gasteiger partial charge in [0.15, 0.2) is 0 Å². The average Bonchev–Trinajstić information content (AvgIpc) is 2.84. The fraction of sp³-hybridized carbons (Fsp3) is 0.154. The molecule has 4 aromatic rings. The smallest absolute Gasteiger partial charge is 0.256 e. The van der Waals surface area contributed by atoms with Crippen LogP contribution in [0.15, 0.2) is 78.9 Å². The first-order valence-corrected chi connectivity index (χ1v) is 10.6. The van der Waals surface area contributed by atoms with Gasteiger partial charge in [0, 0.05) is 24.0 Å². The summed E-state index contributed by atoms with van der Waals surface area (Å²) in [4.78, 5) is 20.4. The number of hydrogen-bond donors (Lipinski definition) is 1. The predicted octanol–water partition coefficient (Wildman–Crippen LogP) is 5.13. The van der Waals surface area contributed by atoms with E-state index in [2.05, 4.69) is 10.2 Å². The second kappa shape index (κ2) is 8.77. The van der Waals surface area contributed by atoms with Crippen LogP contribution in [0.1, 0.15) is 10.4 Å². The molecule has 0 unspecified atom stereocenters. The highest BCUT2D eigenvalue weighted by Gasteiger charge is 2.18. The Bertz CT molecular complexity index is 1270. The number of aromatic nitrogens is 1. The number of halogens is 1. The summed E-state index contributed by atoms with van der Waals surface area (Å²) in [6.45, 7) is 2.89. The third-order valence-electron chi connectivity index (χ3n) is 5.60. The van der Waals surface area contributed by atoms with Crippen molar-refractivity contribution in [3.05, 3.63) is 90.2 Å². The van der Waals surface area contributed by atoms with Gasteiger partial charge in [-0.25, -0.2) is 9.37 Å². The molecule has 3 aromatic carbocycles. The Morgan fingerprint density at radius 2 is 1.66 bits per heavy atom. The molecule has 1 saturated heterocycles. The molecule has 5 rings (SSSR count). The molecule has 2 heterocycles. The lowest BCUT2D eigenvalue weighted by atomic mass is 10.0. The van der Waals surface area contributed by atoms with Gasteiger partial charge >= 0.3 is 0 Å². The van der Waals surface area contributed by atoms with E-state index < -0.39 is 0 Å². The number of hydrogen-bond acceptors (Lipinski definition) is 4. The van der Waals surface area contributed by atoms with Gasteiger partial charge in [-0.15, -0.1) is 0 Å². The van der Waals surface area contributed by atoms with Crippen molar-refractivity contribution in [3.8, 4) is 11.3 Å². The monoisotopic (exact) mass is 427 g/mol. The minimum atomic E-state index is -0.313. The van der Waals surface area contributed by atoms with Crippen molar-refractivity contribution >= 4 is 28.2 Å². The lowest BCUT2D eigenvalue weighted by molar-refractivity contribution is 0.102. The molecule has 0 spiro atoms. The highest BCUT2D eigenvalue weighted by Crippen LogP contribution is 2.29. The number of para-hydroxylation sites is 3. The number of nitrogens with zero attached hydrogens (tertiary/aromatic N) is 2. The molecule has 0 bridgehead atoms. The van der Waals surface area contributed by atoms with Crippen LogP contribution in [-0.4, -0.2) is 37.2 Å². The predicted molar refractivity (Wildman–Crippen MR) is 125 cm³/mol. The van der Waals surface area contributed by atoms with E-state index in [0.29, 0.717) is 30.0 Å². The number of rotatable bonds is 4. The maximum Gasteiger partial charge on any atom is 0.256 e. The van der Waals surface area contributed by atoms with E-state index in [9.17, 15) is 9.18 Å². The lowest BCUT2D eigenvalue weighted by Gasteiger charge is -2.30. The standard InChI is InChI=1S/C26H22FN3O2/c27-19-11-9-18(10-12-19)24-17-21(20-5-1-2-6-22(20)28-24)26(31)29-23-7-3-4-8-25(23)30-13-15-32-16-14-30/h1-12,17H,13-16H2,(H,29,31). The van der Waals surface area contributed by atoms with Crippen LogP contribution < -0.4 is 10.2 Å². The molecule has 6 heteroatoms. The van der Waals surface area contributed by atoms with Crippen LogP contribution in [0.25, 0.3) is 22.2 Å². The van der Waals surface area contributed by atoms with Crippen molar-refractivity contribution in [2.75, 3.05) is 36.5 Å². The normalized spacial score (nSPS) is 13.8. The Balaban J connectivity index is 1.53. The van der Waals surface area contributed by atoms with Gasteiger partial charge in [0.2, 0.25) is 0 Å². The Kier molecular flexibility index (Phi) is 5.52. The van der Waals surface area contributed by atoms with E-state index in [1.54, 1.807) is 18.2 Å². The minimum Gasteiger partial charge on any atom is -0.378 e. The van der Waals surface area contributed by atoms with Gasteiger partial charge in [-0.1, -0.05) is 30.3 Å². The highest BCUT2D eigenvalue weighted by molar-refractivity contribution is 6.14. The van der Waals surface area contributed by atoms with E-state index in [4.69, 9.17) is 9.72 Å². The van der Waals surface area contributed by atoms with Crippen molar-refractivity contribution in [1.29, 1.82) is 0 Å². The van der Waals surface area contributed by atoms with Crippen molar-refractivity contribution in [2.24, 2.45) is 0 Å². The lowest BCUT2D eigenvalue weighted by Crippen LogP contribution is -2.36. The SMILES string of the molecule is O=C(Nc1ccccc1N1CCOCC1)c1cc(-c2ccc(F)cc2)nc2ccccc12. The first-order valence-electron chi connectivity index (χ1n) is 10.6. The van der Waals surface area contributed by atoms with Gasteiger partial charge in [-0.3, -0.25) is 4.79 Å². The third kappa shape index (κ3) is 4.05. The molecule has 5 nitrogen and oxygen atoms in total. The maximum absolute atomic E-state index is 13.5. The average molecular weight is 427 g/mol. The number of ether oxygens (including phenoxy) is 1. The van der Waals surface area contributed by atoms with Gasteiger partial charge < -0.3 is 15.0 Å². The van der Waals surface area contributed by atoms with E-state index in [1.807, 2.05) is 48.5 Å². The summed E-state index contributed by atoms with van der Waals surface area (Å²) < 4.78 is 18.9. The molecule has 0 saturated carbocycles. The summed E-state index contributed by atoms with van der Waals surface area (Å²) >= 11 is 0. The Morgan fingerprint density at radius 3 is 2.47 bits per heavy atom. The van der Waals surface area contributed by atoms with Crippen LogP contribution in [-0.2, 0) is 4.74 Å². The van der Waals surface area contributed by atoms with Crippen LogP contribution in [0.4, 0.5) is 15.8 Å². The number of nitrogens with one attached hydrogen (secondary N) is 1. The van der Waals surface area contributed by atoms with Gasteiger partial charge in [-0.2, -0.15) is 0 Å². The number of anilines is 2. The molecule has 0 atom stereocenters. The molecule has 1 aliphatic rings. The van der Waals surface area contributed by atoms with Crippen LogP contribution in [0, 0.1) is 5.82 Å². The second-order valence-electron chi connectivity index (χ2n) is 7.65. The summed E-state index contributed by atoms with van der Waals surface area (Å²) in [5.41, 5.74) is 4.33. The molecule has 1 fully saturated rings. The molecule has 0 aliphatic carbocycles. The summed E-state index contributed by atoms with van der Waals surface area (Å²) in [5, 5.41) is 3.86. The highest BCUT2D eigenvalue weighted by atomic mass is 19.1. The molecule has 1 aliphatic heterocycles. The first kappa shape index (κ1) is 20.2. The van der Waals surface area contributed by atoms with Gasteiger partial charge in [-0.05, 0) is 48.5 Å². The fourth-order valence-corrected chi connectivity index (χ4v) is 3.98. The van der Waals surface area contributed by atoms with Crippen molar-refractivity contribution < 1.29 is 13.9 Å². The van der Waals surface area contributed by atoms with Gasteiger partial charge in [0.05, 0.1) is 41.4 Å². The summed E-state index contributed by atoms with van der Waals surface area (Å²) in [6.07, 6.45) is 0. The topological polar surface area (TPSA) is 54.5 Å². The zero-order chi connectivity index (χ0) is 21.9. The Morgan fingerprint density at radius 1 is 0.938 bits per heavy atom. The molecule has 160 valence electrons. The number of morpholine rings is 1. The van der Waals surface area contributed by atoms with E-state index in [0.717, 1.165) is 35.4 Å². The maximum atomic E-state index is 13.5. The fourth-order valence-electron chi connectivity index (χ4n) is 3.98. The molecule has 1 N–H and O–H groups in total. The summed E-state index contributed by atoms with van der Waals surface area (Å²) in [5.74, 6) is -0.528. The number of fused-ring (bicyclic) bond motifs is 1. The quantitative estimate of drug-likeness (QED) is 0.491. The van der Waals surface area contributed by atoms with Crippen LogP contribution >= 0.6 is 0 Å². The zero-order valence-electron chi connectivity index (χ0n) is 17.4. The van der Waals surface area contributed by atoms with Gasteiger partial charge in [0.25, 0.3) is 5.91 Å². The van der Waals surface area contributed by atoms with E-state index >= 15 is 0 Å². The molecule has 1 aromatic heterocycles. The molecule has 32 heavy (non-hydrogen) atoms. The zero-order valence-corrected chi connectivity index (χ0v) is 17.4. The molecular weight excluding hydrogens is 405 g/mol. The van der Waals surface area contributed by atoms with Crippen molar-refractivity contribution in [3.63, 3.8) is 0 Å². The van der Waals surface area contributed by atoms with Crippen molar-refractivity contribution in [2.45, 2.75) is 0 Å². The summed E-state index contributed by atoms with van der Waals surface area (Å²) in [6, 6.07) is 23.2. The number of carbonyl (C=O) groups excluding carboxylic acids is 1. The van der Waals surface area contributed by atoms with E-state index in [-0.39, 0.29) is 11.7 Å². The third-order valence-corrected chi connectivity index (χ3v) is 5.60. The minimum absolute atomic E-state index is 0.215.